The van der Waals surface area contributed by atoms with E-state index in [1.807, 2.05) is 0 Å². The van der Waals surface area contributed by atoms with Gasteiger partial charge in [-0.3, -0.25) is 0 Å². The molecule has 0 aromatic rings. The molecule has 0 rings (SSSR count). The van der Waals surface area contributed by atoms with Crippen LogP contribution in [0.15, 0.2) is 0 Å². The second-order valence-corrected chi connectivity index (χ2v) is 8.58. The molecule has 0 spiro atoms. The Labute approximate surface area is 118 Å². The smallest absolute Gasteiger partial charge is 0.195 e. The van der Waals surface area contributed by atoms with Crippen molar-refractivity contribution in [3.63, 3.8) is 0 Å². The zero-order chi connectivity index (χ0) is 13.1. The lowest BCUT2D eigenvalue weighted by Crippen LogP contribution is -2.20. The van der Waals surface area contributed by atoms with Crippen LogP contribution in [0.3, 0.4) is 0 Å². The molecule has 0 bridgehead atoms. The van der Waals surface area contributed by atoms with Crippen LogP contribution in [-0.4, -0.2) is 16.8 Å². The van der Waals surface area contributed by atoms with Crippen LogP contribution in [0, 0.1) is 0 Å². The number of hydrogen-bond acceptors (Lipinski definition) is 2. The van der Waals surface area contributed by atoms with E-state index < -0.39 is 0 Å². The SMILES string of the molecule is CCCCCSB(SCCCCC)C(C)(C)C. The van der Waals surface area contributed by atoms with E-state index in [4.69, 9.17) is 0 Å². The van der Waals surface area contributed by atoms with Crippen molar-refractivity contribution in [2.45, 2.75) is 78.5 Å². The first kappa shape index (κ1) is 17.8. The van der Waals surface area contributed by atoms with Gasteiger partial charge in [0.25, 0.3) is 5.27 Å². The Morgan fingerprint density at radius 2 is 1.18 bits per heavy atom. The molecule has 0 aliphatic carbocycles. The van der Waals surface area contributed by atoms with Gasteiger partial charge < -0.3 is 0 Å². The third kappa shape index (κ3) is 10.4. The van der Waals surface area contributed by atoms with Crippen molar-refractivity contribution in [2.75, 3.05) is 11.5 Å². The minimum absolute atomic E-state index is 0.438. The Balaban J connectivity index is 3.81. The van der Waals surface area contributed by atoms with Crippen LogP contribution in [0.4, 0.5) is 0 Å². The molecular formula is C14H31BS2. The van der Waals surface area contributed by atoms with Gasteiger partial charge in [-0.1, -0.05) is 60.3 Å². The van der Waals surface area contributed by atoms with Gasteiger partial charge in [-0.25, -0.2) is 0 Å². The second-order valence-electron chi connectivity index (χ2n) is 5.85. The van der Waals surface area contributed by atoms with Crippen LogP contribution in [0.2, 0.25) is 5.31 Å². The first-order valence-corrected chi connectivity index (χ1v) is 9.35. The number of rotatable bonds is 10. The Morgan fingerprint density at radius 1 is 0.765 bits per heavy atom. The summed E-state index contributed by atoms with van der Waals surface area (Å²) in [6.07, 6.45) is 8.25. The minimum Gasteiger partial charge on any atom is -0.195 e. The molecule has 0 saturated carbocycles. The standard InChI is InChI=1S/C14H31BS2/c1-6-8-10-12-16-15(14(3,4)5)17-13-11-9-7-2/h6-13H2,1-5H3. The van der Waals surface area contributed by atoms with Crippen LogP contribution in [0.25, 0.3) is 0 Å². The maximum Gasteiger partial charge on any atom is 0.279 e. The second kappa shape index (κ2) is 10.7. The maximum atomic E-state index is 2.39. The van der Waals surface area contributed by atoms with Gasteiger partial charge in [0, 0.05) is 0 Å². The van der Waals surface area contributed by atoms with Crippen molar-refractivity contribution in [3.05, 3.63) is 0 Å². The highest BCUT2D eigenvalue weighted by molar-refractivity contribution is 8.54. The predicted octanol–water partition coefficient (Wildman–Crippen LogP) is 6.12. The Hall–Kier alpha value is 0.765. The van der Waals surface area contributed by atoms with E-state index in [1.54, 1.807) is 0 Å². The van der Waals surface area contributed by atoms with Gasteiger partial charge in [-0.2, -0.15) is 23.2 Å². The van der Waals surface area contributed by atoms with E-state index >= 15 is 0 Å². The van der Waals surface area contributed by atoms with Crippen LogP contribution in [0.5, 0.6) is 0 Å². The normalized spacial score (nSPS) is 11.8. The van der Waals surface area contributed by atoms with E-state index in [0.29, 0.717) is 5.31 Å². The summed E-state index contributed by atoms with van der Waals surface area (Å²) in [4.78, 5) is 0. The molecule has 0 aliphatic heterocycles. The van der Waals surface area contributed by atoms with Crippen LogP contribution in [-0.2, 0) is 0 Å². The molecule has 0 atom stereocenters. The van der Waals surface area contributed by atoms with E-state index in [2.05, 4.69) is 57.8 Å². The van der Waals surface area contributed by atoms with Gasteiger partial charge in [0.2, 0.25) is 0 Å². The summed E-state index contributed by atoms with van der Waals surface area (Å²) < 4.78 is 0. The summed E-state index contributed by atoms with van der Waals surface area (Å²) in [6.45, 7) is 11.7. The highest BCUT2D eigenvalue weighted by Gasteiger charge is 2.29. The van der Waals surface area contributed by atoms with Crippen molar-refractivity contribution in [3.8, 4) is 0 Å². The third-order valence-corrected chi connectivity index (χ3v) is 6.63. The molecule has 17 heavy (non-hydrogen) atoms. The Kier molecular flexibility index (Phi) is 11.1. The zero-order valence-corrected chi connectivity index (χ0v) is 14.2. The fourth-order valence-electron chi connectivity index (χ4n) is 1.63. The van der Waals surface area contributed by atoms with Gasteiger partial charge >= 0.3 is 0 Å². The molecule has 0 nitrogen and oxygen atoms in total. The Morgan fingerprint density at radius 3 is 1.47 bits per heavy atom. The lowest BCUT2D eigenvalue weighted by Gasteiger charge is -2.26. The summed E-state index contributed by atoms with van der Waals surface area (Å²) in [5.41, 5.74) is 0. The molecule has 0 aromatic heterocycles. The molecule has 0 fully saturated rings. The van der Waals surface area contributed by atoms with E-state index in [9.17, 15) is 0 Å². The molecule has 0 unspecified atom stereocenters. The fourth-order valence-corrected chi connectivity index (χ4v) is 4.76. The molecule has 0 aliphatic rings. The molecular weight excluding hydrogens is 243 g/mol. The molecule has 0 N–H and O–H groups in total. The summed E-state index contributed by atoms with van der Waals surface area (Å²) in [6, 6.07) is 0. The zero-order valence-electron chi connectivity index (χ0n) is 12.6. The summed E-state index contributed by atoms with van der Waals surface area (Å²) in [5, 5.41) is 1.21. The van der Waals surface area contributed by atoms with Crippen LogP contribution in [0.1, 0.15) is 73.1 Å². The first-order valence-electron chi connectivity index (χ1n) is 7.25. The lowest BCUT2D eigenvalue weighted by atomic mass is 9.71. The van der Waals surface area contributed by atoms with Crippen molar-refractivity contribution in [2.24, 2.45) is 0 Å². The average Bonchev–Trinajstić information content (AvgIpc) is 2.25. The van der Waals surface area contributed by atoms with Crippen LogP contribution < -0.4 is 0 Å². The van der Waals surface area contributed by atoms with Crippen molar-refractivity contribution in [1.29, 1.82) is 0 Å². The quantitative estimate of drug-likeness (QED) is 0.347. The molecule has 0 aromatic carbocycles. The summed E-state index contributed by atoms with van der Waals surface area (Å²) >= 11 is 4.38. The molecule has 0 amide bonds. The third-order valence-electron chi connectivity index (χ3n) is 2.74. The average molecular weight is 274 g/mol. The number of unbranched alkanes of at least 4 members (excludes halogenated alkanes) is 4. The van der Waals surface area contributed by atoms with Crippen molar-refractivity contribution in [1.82, 2.24) is 0 Å². The van der Waals surface area contributed by atoms with Crippen molar-refractivity contribution >= 4 is 28.5 Å². The molecule has 0 heterocycles. The largest absolute Gasteiger partial charge is 0.279 e. The number of hydrogen-bond donors (Lipinski definition) is 0. The van der Waals surface area contributed by atoms with Crippen molar-refractivity contribution < 1.29 is 0 Å². The maximum absolute atomic E-state index is 2.39. The lowest BCUT2D eigenvalue weighted by molar-refractivity contribution is 0.757. The fraction of sp³-hybridized carbons (Fsp3) is 1.00. The topological polar surface area (TPSA) is 0 Å². The van der Waals surface area contributed by atoms with Gasteiger partial charge in [-0.05, 0) is 29.7 Å². The summed E-state index contributed by atoms with van der Waals surface area (Å²) in [7, 11) is 0. The molecule has 3 heteroatoms. The van der Waals surface area contributed by atoms with Gasteiger partial charge in [0.15, 0.2) is 0 Å². The first-order chi connectivity index (χ1) is 8.02. The highest BCUT2D eigenvalue weighted by atomic mass is 32.2. The summed E-state index contributed by atoms with van der Waals surface area (Å²) in [5.74, 6) is 2.69. The van der Waals surface area contributed by atoms with Gasteiger partial charge in [0.1, 0.15) is 0 Å². The molecule has 102 valence electrons. The Bertz CT molecular complexity index is 154. The van der Waals surface area contributed by atoms with E-state index in [1.165, 1.54) is 50.0 Å². The van der Waals surface area contributed by atoms with E-state index in [0.717, 1.165) is 5.27 Å². The van der Waals surface area contributed by atoms with Crippen LogP contribution >= 0.6 is 23.2 Å². The highest BCUT2D eigenvalue weighted by Crippen LogP contribution is 2.40. The van der Waals surface area contributed by atoms with Gasteiger partial charge in [0.05, 0.1) is 0 Å². The minimum atomic E-state index is 0.438. The van der Waals surface area contributed by atoms with Gasteiger partial charge in [-0.15, -0.1) is 0 Å². The molecule has 0 saturated heterocycles. The van der Waals surface area contributed by atoms with E-state index in [-0.39, 0.29) is 0 Å². The predicted molar refractivity (Wildman–Crippen MR) is 89.4 cm³/mol. The monoisotopic (exact) mass is 274 g/mol. The molecule has 0 radical (unpaired) electrons.